The van der Waals surface area contributed by atoms with Crippen molar-refractivity contribution in [1.82, 2.24) is 36.5 Å². The maximum absolute atomic E-state index is 14.6. The number of fused-ring (bicyclic) bond motifs is 1. The van der Waals surface area contributed by atoms with Gasteiger partial charge in [0.2, 0.25) is 35.4 Å². The van der Waals surface area contributed by atoms with Crippen LogP contribution in [0.15, 0.2) is 65.8 Å². The number of likely N-dealkylation sites (tertiary alicyclic amines) is 1. The molecule has 66 heavy (non-hydrogen) atoms. The molecule has 2 heterocycles. The molecule has 358 valence electrons. The van der Waals surface area contributed by atoms with Gasteiger partial charge in [0.1, 0.15) is 36.3 Å². The van der Waals surface area contributed by atoms with Gasteiger partial charge in [-0.25, -0.2) is 4.79 Å². The number of para-hydroxylation sites is 1. The number of aromatic amines is 1. The number of carbonyl (C=O) groups is 7. The summed E-state index contributed by atoms with van der Waals surface area (Å²) < 4.78 is 0. The Bertz CT molecular complexity index is 2150. The summed E-state index contributed by atoms with van der Waals surface area (Å²) in [6.45, 7) is 1.94. The SMILES string of the molecule is CC(=O)N[C@@H](Cc1ccccc1)C(=O)N[C@@H](CCCN)C(=O)N1CCC[C@H]1C(=O)N[C@H](CC1CCCCC1)C(=O)N[C@@H](Cc1c[nH]c2ccccc12)C(=O)N[C@H](CCCN=C(N)N)C(=O)O. The number of amides is 6. The molecule has 1 aromatic heterocycles. The molecule has 19 nitrogen and oxygen atoms in total. The molecule has 13 N–H and O–H groups in total. The molecule has 1 saturated heterocycles. The molecule has 1 saturated carbocycles. The molecule has 2 fully saturated rings. The van der Waals surface area contributed by atoms with E-state index in [9.17, 15) is 38.7 Å². The molecule has 1 aliphatic carbocycles. The number of hydrogen-bond acceptors (Lipinski definition) is 9. The summed E-state index contributed by atoms with van der Waals surface area (Å²) in [6.07, 6.45) is 8.55. The molecular formula is C47H67N11O8. The second-order valence-corrected chi connectivity index (χ2v) is 17.4. The van der Waals surface area contributed by atoms with Gasteiger partial charge in [-0.05, 0) is 74.6 Å². The van der Waals surface area contributed by atoms with E-state index in [0.29, 0.717) is 24.8 Å². The van der Waals surface area contributed by atoms with Crippen molar-refractivity contribution in [3.63, 3.8) is 0 Å². The molecule has 2 aliphatic rings. The lowest BCUT2D eigenvalue weighted by molar-refractivity contribution is -0.143. The Hall–Kier alpha value is -6.50. The zero-order valence-corrected chi connectivity index (χ0v) is 37.8. The number of aliphatic imine (C=N–C) groups is 1. The van der Waals surface area contributed by atoms with Crippen LogP contribution in [0.4, 0.5) is 0 Å². The molecule has 0 bridgehead atoms. The highest BCUT2D eigenvalue weighted by Gasteiger charge is 2.40. The first-order chi connectivity index (χ1) is 31.7. The maximum atomic E-state index is 14.6. The summed E-state index contributed by atoms with van der Waals surface area (Å²) >= 11 is 0. The number of nitrogens with two attached hydrogens (primary N) is 3. The number of benzene rings is 2. The van der Waals surface area contributed by atoms with E-state index in [1.165, 1.54) is 11.8 Å². The number of nitrogens with zero attached hydrogens (tertiary/aromatic N) is 2. The van der Waals surface area contributed by atoms with Crippen molar-refractivity contribution in [3.05, 3.63) is 71.9 Å². The predicted octanol–water partition coefficient (Wildman–Crippen LogP) is 1.24. The van der Waals surface area contributed by atoms with Crippen molar-refractivity contribution in [2.75, 3.05) is 19.6 Å². The van der Waals surface area contributed by atoms with Crippen LogP contribution in [0.2, 0.25) is 0 Å². The minimum absolute atomic E-state index is 0.000969. The second kappa shape index (κ2) is 25.3. The van der Waals surface area contributed by atoms with Crippen LogP contribution in [0.3, 0.4) is 0 Å². The van der Waals surface area contributed by atoms with Crippen molar-refractivity contribution < 1.29 is 38.7 Å². The molecule has 6 atom stereocenters. The Morgan fingerprint density at radius 2 is 1.38 bits per heavy atom. The first-order valence-electron chi connectivity index (χ1n) is 23.1. The third-order valence-corrected chi connectivity index (χ3v) is 12.3. The summed E-state index contributed by atoms with van der Waals surface area (Å²) in [7, 11) is 0. The first kappa shape index (κ1) is 50.5. The average Bonchev–Trinajstić information content (AvgIpc) is 3.96. The Balaban J connectivity index is 1.36. The number of aliphatic carboxylic acids is 1. The molecular weight excluding hydrogens is 847 g/mol. The fourth-order valence-electron chi connectivity index (χ4n) is 8.95. The van der Waals surface area contributed by atoms with Crippen molar-refractivity contribution in [3.8, 4) is 0 Å². The molecule has 5 rings (SSSR count). The number of aromatic nitrogens is 1. The fraction of sp³-hybridized carbons (Fsp3) is 0.532. The van der Waals surface area contributed by atoms with Crippen LogP contribution in [0.25, 0.3) is 10.9 Å². The molecule has 6 amide bonds. The van der Waals surface area contributed by atoms with E-state index >= 15 is 0 Å². The van der Waals surface area contributed by atoms with E-state index < -0.39 is 77.7 Å². The van der Waals surface area contributed by atoms with E-state index in [4.69, 9.17) is 17.2 Å². The third-order valence-electron chi connectivity index (χ3n) is 12.3. The van der Waals surface area contributed by atoms with Gasteiger partial charge < -0.3 is 58.8 Å². The van der Waals surface area contributed by atoms with Crippen molar-refractivity contribution >= 4 is 58.3 Å². The third kappa shape index (κ3) is 15.0. The zero-order valence-electron chi connectivity index (χ0n) is 37.8. The van der Waals surface area contributed by atoms with E-state index in [1.54, 1.807) is 6.20 Å². The van der Waals surface area contributed by atoms with Gasteiger partial charge in [-0.3, -0.25) is 33.8 Å². The monoisotopic (exact) mass is 914 g/mol. The van der Waals surface area contributed by atoms with Gasteiger partial charge in [-0.1, -0.05) is 80.6 Å². The molecule has 2 aromatic carbocycles. The van der Waals surface area contributed by atoms with E-state index in [2.05, 4.69) is 36.6 Å². The standard InChI is InChI=1S/C47H67N11O8/c1-29(59)53-37(25-30-13-4-2-5-14-30)41(60)54-35(19-10-22-48)45(64)58-24-12-21-40(58)44(63)57-38(26-31-15-6-3-7-16-31)42(61)56-39(27-32-28-52-34-18-9-8-17-33(32)34)43(62)55-36(46(65)66)20-11-23-51-47(49)50/h2,4-5,8-9,13-14,17-18,28,31,35-40,52H,3,6-7,10-12,15-16,19-27,48H2,1H3,(H,53,59)(H,54,60)(H,55,62)(H,56,61)(H,57,63)(H,65,66)(H4,49,50,51)/t35-,36+,37-,38+,39-,40-/m0/s1. The second-order valence-electron chi connectivity index (χ2n) is 17.4. The Labute approximate surface area is 385 Å². The van der Waals surface area contributed by atoms with Crippen LogP contribution >= 0.6 is 0 Å². The Morgan fingerprint density at radius 1 is 0.742 bits per heavy atom. The van der Waals surface area contributed by atoms with Crippen molar-refractivity contribution in [2.24, 2.45) is 28.1 Å². The number of carboxylic acids is 1. The number of hydrogen-bond donors (Lipinski definition) is 10. The van der Waals surface area contributed by atoms with Crippen LogP contribution in [0.1, 0.15) is 95.1 Å². The van der Waals surface area contributed by atoms with Crippen molar-refractivity contribution in [1.29, 1.82) is 0 Å². The summed E-state index contributed by atoms with van der Waals surface area (Å²) in [5, 5.41) is 24.8. The summed E-state index contributed by atoms with van der Waals surface area (Å²) in [6, 6.07) is 9.98. The molecule has 0 spiro atoms. The molecule has 1 aliphatic heterocycles. The van der Waals surface area contributed by atoms with E-state index in [1.807, 2.05) is 54.6 Å². The largest absolute Gasteiger partial charge is 0.480 e. The topological polar surface area (TPSA) is 309 Å². The van der Waals surface area contributed by atoms with E-state index in [0.717, 1.165) is 48.6 Å². The maximum Gasteiger partial charge on any atom is 0.326 e. The van der Waals surface area contributed by atoms with Crippen LogP contribution in [0.5, 0.6) is 0 Å². The Kier molecular flexibility index (Phi) is 19.3. The van der Waals surface area contributed by atoms with Gasteiger partial charge >= 0.3 is 5.97 Å². The number of carbonyl (C=O) groups excluding carboxylic acids is 6. The predicted molar refractivity (Wildman–Crippen MR) is 249 cm³/mol. The number of rotatable bonds is 24. The quantitative estimate of drug-likeness (QED) is 0.0346. The van der Waals surface area contributed by atoms with Crippen LogP contribution in [0, 0.1) is 5.92 Å². The number of carboxylic acid groups (broad SMARTS) is 1. The summed E-state index contributed by atoms with van der Waals surface area (Å²) in [5.74, 6) is -4.66. The number of nitrogens with one attached hydrogen (secondary N) is 6. The minimum Gasteiger partial charge on any atom is -0.480 e. The number of guanidine groups is 1. The number of H-pyrrole nitrogens is 1. The van der Waals surface area contributed by atoms with Crippen LogP contribution < -0.4 is 43.8 Å². The smallest absolute Gasteiger partial charge is 0.326 e. The van der Waals surface area contributed by atoms with Crippen molar-refractivity contribution in [2.45, 2.75) is 133 Å². The van der Waals surface area contributed by atoms with Gasteiger partial charge in [-0.15, -0.1) is 0 Å². The van der Waals surface area contributed by atoms with Crippen LogP contribution in [-0.2, 0) is 46.4 Å². The molecule has 0 unspecified atom stereocenters. The zero-order chi connectivity index (χ0) is 47.6. The minimum atomic E-state index is -1.31. The highest BCUT2D eigenvalue weighted by molar-refractivity contribution is 5.97. The summed E-state index contributed by atoms with van der Waals surface area (Å²) in [4.78, 5) is 104. The molecule has 0 radical (unpaired) electrons. The van der Waals surface area contributed by atoms with Gasteiger partial charge in [0.05, 0.1) is 0 Å². The lowest BCUT2D eigenvalue weighted by Gasteiger charge is -2.32. The average molecular weight is 914 g/mol. The lowest BCUT2D eigenvalue weighted by Crippen LogP contribution is -2.59. The normalized spacial score (nSPS) is 17.4. The van der Waals surface area contributed by atoms with Gasteiger partial charge in [-0.2, -0.15) is 0 Å². The van der Waals surface area contributed by atoms with E-state index in [-0.39, 0.29) is 70.0 Å². The Morgan fingerprint density at radius 3 is 2.06 bits per heavy atom. The highest BCUT2D eigenvalue weighted by Crippen LogP contribution is 2.28. The fourth-order valence-corrected chi connectivity index (χ4v) is 8.95. The summed E-state index contributed by atoms with van der Waals surface area (Å²) in [5.41, 5.74) is 19.0. The molecule has 19 heteroatoms. The molecule has 3 aromatic rings. The van der Waals surface area contributed by atoms with Crippen LogP contribution in [-0.4, -0.2) is 118 Å². The van der Waals surface area contributed by atoms with Gasteiger partial charge in [0.15, 0.2) is 5.96 Å². The highest BCUT2D eigenvalue weighted by atomic mass is 16.4. The first-order valence-corrected chi connectivity index (χ1v) is 23.1. The lowest BCUT2D eigenvalue weighted by atomic mass is 9.84. The van der Waals surface area contributed by atoms with Gasteiger partial charge in [0, 0.05) is 50.0 Å². The van der Waals surface area contributed by atoms with Gasteiger partial charge in [0.25, 0.3) is 0 Å².